The number of nitrogens with zero attached hydrogens (tertiary/aromatic N) is 2. The van der Waals surface area contributed by atoms with Gasteiger partial charge in [0.15, 0.2) is 0 Å². The van der Waals surface area contributed by atoms with Gasteiger partial charge in [0.1, 0.15) is 0 Å². The highest BCUT2D eigenvalue weighted by Gasteiger charge is 2.26. The quantitative estimate of drug-likeness (QED) is 0.887. The molecule has 1 aliphatic rings. The molecule has 2 aromatic rings. The first-order valence-electron chi connectivity index (χ1n) is 6.91. The zero-order valence-electron chi connectivity index (χ0n) is 11.0. The van der Waals surface area contributed by atoms with Gasteiger partial charge in [-0.05, 0) is 24.9 Å². The molecule has 1 aromatic carbocycles. The van der Waals surface area contributed by atoms with Crippen molar-refractivity contribution in [1.29, 1.82) is 0 Å². The predicted molar refractivity (Wildman–Crippen MR) is 76.4 cm³/mol. The van der Waals surface area contributed by atoms with E-state index in [1.54, 1.807) is 6.20 Å². The van der Waals surface area contributed by atoms with E-state index in [4.69, 9.17) is 5.73 Å². The van der Waals surface area contributed by atoms with Crippen LogP contribution in [-0.4, -0.2) is 21.6 Å². The zero-order valence-corrected chi connectivity index (χ0v) is 11.0. The minimum Gasteiger partial charge on any atom is -0.396 e. The molecule has 0 bridgehead atoms. The predicted octanol–water partition coefficient (Wildman–Crippen LogP) is 2.72. The number of nitrogens with two attached hydrogens (primary N) is 1. The lowest BCUT2D eigenvalue weighted by Gasteiger charge is -2.35. The van der Waals surface area contributed by atoms with E-state index in [0.29, 0.717) is 6.04 Å². The molecule has 1 aliphatic heterocycles. The fraction of sp³-hybridized carbons (Fsp3) is 0.400. The molecule has 1 aromatic heterocycles. The first-order valence-corrected chi connectivity index (χ1v) is 6.91. The minimum atomic E-state index is 0.372. The molecule has 1 saturated heterocycles. The molecule has 3 rings (SSSR count). The number of hydrogen-bond donors (Lipinski definition) is 2. The Balaban J connectivity index is 1.80. The van der Waals surface area contributed by atoms with Crippen molar-refractivity contribution in [3.05, 3.63) is 47.8 Å². The summed E-state index contributed by atoms with van der Waals surface area (Å²) in [6.45, 7) is 2.10. The second-order valence-corrected chi connectivity index (χ2v) is 5.21. The van der Waals surface area contributed by atoms with Crippen LogP contribution >= 0.6 is 0 Å². The van der Waals surface area contributed by atoms with Gasteiger partial charge in [0, 0.05) is 6.54 Å². The number of nitrogens with one attached hydrogen (secondary N) is 1. The molecular formula is C15H20N4. The molecule has 1 atom stereocenters. The smallest absolute Gasteiger partial charge is 0.0753 e. The van der Waals surface area contributed by atoms with Crippen molar-refractivity contribution >= 4 is 5.69 Å². The van der Waals surface area contributed by atoms with E-state index in [-0.39, 0.29) is 0 Å². The van der Waals surface area contributed by atoms with Crippen molar-refractivity contribution in [1.82, 2.24) is 15.1 Å². The number of hydrogen-bond acceptors (Lipinski definition) is 3. The number of rotatable bonds is 3. The molecule has 100 valence electrons. The minimum absolute atomic E-state index is 0.372. The normalized spacial score (nSPS) is 20.5. The van der Waals surface area contributed by atoms with Gasteiger partial charge in [0.25, 0.3) is 0 Å². The molecule has 0 saturated carbocycles. The number of anilines is 1. The highest BCUT2D eigenvalue weighted by Crippen LogP contribution is 2.33. The summed E-state index contributed by atoms with van der Waals surface area (Å²) in [5.74, 6) is 0. The van der Waals surface area contributed by atoms with Crippen LogP contribution in [0, 0.1) is 0 Å². The molecule has 0 spiro atoms. The highest BCUT2D eigenvalue weighted by molar-refractivity contribution is 5.42. The Bertz CT molecular complexity index is 520. The van der Waals surface area contributed by atoms with Crippen LogP contribution in [-0.2, 0) is 6.54 Å². The summed E-state index contributed by atoms with van der Waals surface area (Å²) in [4.78, 5) is 2.50. The van der Waals surface area contributed by atoms with Gasteiger partial charge in [-0.1, -0.05) is 36.8 Å². The maximum absolute atomic E-state index is 6.01. The average Bonchev–Trinajstić information content (AvgIpc) is 2.87. The zero-order chi connectivity index (χ0) is 13.1. The summed E-state index contributed by atoms with van der Waals surface area (Å²) in [5, 5.41) is 7.14. The fourth-order valence-corrected chi connectivity index (χ4v) is 2.90. The second kappa shape index (κ2) is 5.45. The van der Waals surface area contributed by atoms with Crippen LogP contribution in [0.4, 0.5) is 5.69 Å². The SMILES string of the molecule is Nc1cn[nH]c1C1CCCCN1Cc1ccccc1. The summed E-state index contributed by atoms with van der Waals surface area (Å²) >= 11 is 0. The lowest BCUT2D eigenvalue weighted by Crippen LogP contribution is -2.33. The fourth-order valence-electron chi connectivity index (χ4n) is 2.90. The first kappa shape index (κ1) is 12.2. The Hall–Kier alpha value is -1.81. The molecule has 4 heteroatoms. The van der Waals surface area contributed by atoms with Gasteiger partial charge in [-0.3, -0.25) is 10.00 Å². The number of benzene rings is 1. The van der Waals surface area contributed by atoms with Gasteiger partial charge in [0.05, 0.1) is 23.6 Å². The summed E-state index contributed by atoms with van der Waals surface area (Å²) in [6, 6.07) is 11.0. The highest BCUT2D eigenvalue weighted by atomic mass is 15.2. The third-order valence-electron chi connectivity index (χ3n) is 3.88. The van der Waals surface area contributed by atoms with Gasteiger partial charge in [-0.15, -0.1) is 0 Å². The summed E-state index contributed by atoms with van der Waals surface area (Å²) in [6.07, 6.45) is 5.38. The van der Waals surface area contributed by atoms with Crippen LogP contribution in [0.3, 0.4) is 0 Å². The molecule has 1 unspecified atom stereocenters. The number of H-pyrrole nitrogens is 1. The number of nitrogen functional groups attached to an aromatic ring is 1. The maximum atomic E-state index is 6.01. The van der Waals surface area contributed by atoms with Crippen LogP contribution in [0.2, 0.25) is 0 Å². The number of aromatic amines is 1. The number of likely N-dealkylation sites (tertiary alicyclic amines) is 1. The molecule has 19 heavy (non-hydrogen) atoms. The topological polar surface area (TPSA) is 57.9 Å². The van der Waals surface area contributed by atoms with E-state index < -0.39 is 0 Å². The van der Waals surface area contributed by atoms with E-state index in [1.165, 1.54) is 18.4 Å². The van der Waals surface area contributed by atoms with Gasteiger partial charge in [-0.25, -0.2) is 0 Å². The van der Waals surface area contributed by atoms with Crippen LogP contribution in [0.15, 0.2) is 36.5 Å². The van der Waals surface area contributed by atoms with E-state index in [0.717, 1.165) is 30.9 Å². The Morgan fingerprint density at radius 3 is 2.84 bits per heavy atom. The monoisotopic (exact) mass is 256 g/mol. The summed E-state index contributed by atoms with van der Waals surface area (Å²) < 4.78 is 0. The molecule has 3 N–H and O–H groups in total. The van der Waals surface area contributed by atoms with Crippen molar-refractivity contribution in [2.45, 2.75) is 31.8 Å². The number of piperidine rings is 1. The molecule has 2 heterocycles. The lowest BCUT2D eigenvalue weighted by molar-refractivity contribution is 0.137. The Labute approximate surface area is 113 Å². The first-order chi connectivity index (χ1) is 9.34. The maximum Gasteiger partial charge on any atom is 0.0753 e. The Kier molecular flexibility index (Phi) is 3.51. The van der Waals surface area contributed by atoms with E-state index in [9.17, 15) is 0 Å². The summed E-state index contributed by atoms with van der Waals surface area (Å²) in [5.41, 5.74) is 9.22. The van der Waals surface area contributed by atoms with Crippen LogP contribution in [0.1, 0.15) is 36.6 Å². The third-order valence-corrected chi connectivity index (χ3v) is 3.88. The lowest BCUT2D eigenvalue weighted by atomic mass is 9.98. The Morgan fingerprint density at radius 2 is 2.11 bits per heavy atom. The van der Waals surface area contributed by atoms with Crippen LogP contribution < -0.4 is 5.73 Å². The Morgan fingerprint density at radius 1 is 1.26 bits per heavy atom. The van der Waals surface area contributed by atoms with Crippen molar-refractivity contribution in [2.24, 2.45) is 0 Å². The molecular weight excluding hydrogens is 236 g/mol. The average molecular weight is 256 g/mol. The van der Waals surface area contributed by atoms with Gasteiger partial charge >= 0.3 is 0 Å². The molecule has 0 amide bonds. The van der Waals surface area contributed by atoms with Crippen molar-refractivity contribution < 1.29 is 0 Å². The molecule has 0 radical (unpaired) electrons. The van der Waals surface area contributed by atoms with Crippen LogP contribution in [0.25, 0.3) is 0 Å². The standard InChI is InChI=1S/C15H20N4/c16-13-10-17-18-15(13)14-8-4-5-9-19(14)11-12-6-2-1-3-7-12/h1-3,6-7,10,14H,4-5,8-9,11,16H2,(H,17,18). The molecule has 4 nitrogen and oxygen atoms in total. The van der Waals surface area contributed by atoms with Gasteiger partial charge in [0.2, 0.25) is 0 Å². The van der Waals surface area contributed by atoms with Gasteiger partial charge < -0.3 is 5.73 Å². The van der Waals surface area contributed by atoms with Gasteiger partial charge in [-0.2, -0.15) is 5.10 Å². The summed E-state index contributed by atoms with van der Waals surface area (Å²) in [7, 11) is 0. The molecule has 1 fully saturated rings. The third kappa shape index (κ3) is 2.63. The largest absolute Gasteiger partial charge is 0.396 e. The van der Waals surface area contributed by atoms with E-state index >= 15 is 0 Å². The number of aromatic nitrogens is 2. The van der Waals surface area contributed by atoms with Crippen molar-refractivity contribution in [2.75, 3.05) is 12.3 Å². The second-order valence-electron chi connectivity index (χ2n) is 5.21. The van der Waals surface area contributed by atoms with Crippen molar-refractivity contribution in [3.8, 4) is 0 Å². The van der Waals surface area contributed by atoms with E-state index in [1.807, 2.05) is 0 Å². The molecule has 0 aliphatic carbocycles. The van der Waals surface area contributed by atoms with Crippen molar-refractivity contribution in [3.63, 3.8) is 0 Å². The van der Waals surface area contributed by atoms with E-state index in [2.05, 4.69) is 45.4 Å². The van der Waals surface area contributed by atoms with Crippen LogP contribution in [0.5, 0.6) is 0 Å².